The van der Waals surface area contributed by atoms with Gasteiger partial charge in [0.05, 0.1) is 6.61 Å². The molecule has 1 aliphatic rings. The number of aliphatic hydroxyl groups excluding tert-OH is 2. The molecule has 2 rings (SSSR count). The van der Waals surface area contributed by atoms with E-state index in [0.29, 0.717) is 0 Å². The van der Waals surface area contributed by atoms with Crippen LogP contribution in [0.25, 0.3) is 0 Å². The second-order valence-electron chi connectivity index (χ2n) is 7.76. The van der Waals surface area contributed by atoms with Gasteiger partial charge < -0.3 is 19.4 Å². The van der Waals surface area contributed by atoms with Crippen molar-refractivity contribution in [2.24, 2.45) is 0 Å². The van der Waals surface area contributed by atoms with Gasteiger partial charge in [0.1, 0.15) is 12.2 Å². The van der Waals surface area contributed by atoms with Gasteiger partial charge in [-0.25, -0.2) is 4.79 Å². The number of hydrogen-bond acceptors (Lipinski definition) is 6. The maximum absolute atomic E-state index is 12.0. The number of nitrogens with one attached hydrogen (secondary N) is 1. The SMILES string of the molecule is CC(C)(C)[Si](C)(C)OC1[C@@H](O)[C@H](n2ccc(=O)[nH]c2=O)O[C@]1(Cl)CO. The molecule has 1 unspecified atom stereocenters. The zero-order chi connectivity index (χ0) is 19.2. The molecule has 0 spiro atoms. The van der Waals surface area contributed by atoms with E-state index in [0.717, 1.165) is 10.6 Å². The Hall–Kier alpha value is -0.973. The standard InChI is InChI=1S/C15H25ClN2O6Si/c1-14(2,3)25(4,5)24-11-10(21)12(23-15(11,16)8-19)18-7-6-9(20)17-13(18)22/h6-7,10-12,19,21H,8H2,1-5H3,(H,17,20,22)/t10-,11?,12-,15-/m1/s1. The first kappa shape index (κ1) is 20.3. The summed E-state index contributed by atoms with van der Waals surface area (Å²) in [5.74, 6) is 0. The van der Waals surface area contributed by atoms with Crippen LogP contribution in [0.3, 0.4) is 0 Å². The lowest BCUT2D eigenvalue weighted by Gasteiger charge is -2.41. The van der Waals surface area contributed by atoms with Crippen molar-refractivity contribution in [1.29, 1.82) is 0 Å². The Kier molecular flexibility index (Phi) is 5.40. The van der Waals surface area contributed by atoms with Gasteiger partial charge in [0.25, 0.3) is 5.56 Å². The highest BCUT2D eigenvalue weighted by Crippen LogP contribution is 2.45. The van der Waals surface area contributed by atoms with E-state index in [2.05, 4.69) is 4.98 Å². The van der Waals surface area contributed by atoms with Gasteiger partial charge in [0, 0.05) is 12.3 Å². The molecule has 1 aromatic rings. The van der Waals surface area contributed by atoms with Gasteiger partial charge in [0.2, 0.25) is 0 Å². The molecular weight excluding hydrogens is 368 g/mol. The molecule has 3 N–H and O–H groups in total. The molecule has 142 valence electrons. The lowest BCUT2D eigenvalue weighted by atomic mass is 10.1. The van der Waals surface area contributed by atoms with Crippen molar-refractivity contribution in [3.05, 3.63) is 33.1 Å². The summed E-state index contributed by atoms with van der Waals surface area (Å²) in [6, 6.07) is 1.13. The van der Waals surface area contributed by atoms with Crippen LogP contribution in [0.2, 0.25) is 18.1 Å². The fourth-order valence-corrected chi connectivity index (χ4v) is 4.03. The molecule has 0 bridgehead atoms. The predicted molar refractivity (Wildman–Crippen MR) is 95.2 cm³/mol. The molecule has 0 saturated carbocycles. The summed E-state index contributed by atoms with van der Waals surface area (Å²) in [7, 11) is -2.35. The third-order valence-electron chi connectivity index (χ3n) is 4.91. The van der Waals surface area contributed by atoms with Crippen molar-refractivity contribution in [2.45, 2.75) is 62.4 Å². The van der Waals surface area contributed by atoms with Crippen LogP contribution in [-0.2, 0) is 9.16 Å². The van der Waals surface area contributed by atoms with E-state index < -0.39 is 49.7 Å². The molecule has 1 aliphatic heterocycles. The number of alkyl halides is 1. The van der Waals surface area contributed by atoms with Crippen molar-refractivity contribution < 1.29 is 19.4 Å². The second kappa shape index (κ2) is 6.64. The van der Waals surface area contributed by atoms with Gasteiger partial charge in [-0.05, 0) is 18.1 Å². The summed E-state index contributed by atoms with van der Waals surface area (Å²) in [4.78, 5) is 25.3. The summed E-state index contributed by atoms with van der Waals surface area (Å²) < 4.78 is 12.8. The monoisotopic (exact) mass is 392 g/mol. The highest BCUT2D eigenvalue weighted by Gasteiger charge is 2.58. The number of halogens is 1. The van der Waals surface area contributed by atoms with Crippen LogP contribution < -0.4 is 11.2 Å². The minimum Gasteiger partial charge on any atom is -0.407 e. The molecule has 10 heteroatoms. The lowest BCUT2D eigenvalue weighted by Crippen LogP contribution is -2.53. The topological polar surface area (TPSA) is 114 Å². The summed E-state index contributed by atoms with van der Waals surface area (Å²) in [5.41, 5.74) is -1.32. The molecule has 0 amide bonds. The molecule has 0 aromatic carbocycles. The summed E-state index contributed by atoms with van der Waals surface area (Å²) in [5, 5.41) is 18.6. The lowest BCUT2D eigenvalue weighted by molar-refractivity contribution is -0.0776. The van der Waals surface area contributed by atoms with Crippen LogP contribution in [0.15, 0.2) is 21.9 Å². The van der Waals surface area contributed by atoms with Crippen molar-refractivity contribution in [2.75, 3.05) is 6.61 Å². The molecule has 4 atom stereocenters. The average molecular weight is 393 g/mol. The number of nitrogens with zero attached hydrogens (tertiary/aromatic N) is 1. The van der Waals surface area contributed by atoms with Gasteiger partial charge in [-0.3, -0.25) is 14.3 Å². The summed E-state index contributed by atoms with van der Waals surface area (Å²) in [6.07, 6.45) is -2.33. The van der Waals surface area contributed by atoms with Crippen molar-refractivity contribution in [3.63, 3.8) is 0 Å². The Morgan fingerprint density at radius 2 is 2.04 bits per heavy atom. The average Bonchev–Trinajstić information content (AvgIpc) is 2.71. The van der Waals surface area contributed by atoms with E-state index >= 15 is 0 Å². The number of aliphatic hydroxyl groups is 2. The minimum atomic E-state index is -2.35. The smallest absolute Gasteiger partial charge is 0.330 e. The predicted octanol–water partition coefficient (Wildman–Crippen LogP) is 0.744. The fourth-order valence-electron chi connectivity index (χ4n) is 2.37. The fraction of sp³-hybridized carbons (Fsp3) is 0.733. The van der Waals surface area contributed by atoms with Gasteiger partial charge >= 0.3 is 5.69 Å². The zero-order valence-electron chi connectivity index (χ0n) is 14.9. The van der Waals surface area contributed by atoms with Gasteiger partial charge in [-0.2, -0.15) is 0 Å². The summed E-state index contributed by atoms with van der Waals surface area (Å²) in [6.45, 7) is 9.43. The highest BCUT2D eigenvalue weighted by atomic mass is 35.5. The Bertz CT molecular complexity index is 743. The number of aromatic nitrogens is 2. The van der Waals surface area contributed by atoms with Crippen molar-refractivity contribution in [3.8, 4) is 0 Å². The van der Waals surface area contributed by atoms with Crippen LogP contribution >= 0.6 is 11.6 Å². The molecule has 1 fully saturated rings. The highest BCUT2D eigenvalue weighted by molar-refractivity contribution is 6.74. The Balaban J connectivity index is 2.41. The van der Waals surface area contributed by atoms with E-state index in [9.17, 15) is 19.8 Å². The molecule has 1 saturated heterocycles. The van der Waals surface area contributed by atoms with Gasteiger partial charge in [-0.15, -0.1) is 0 Å². The second-order valence-corrected chi connectivity index (χ2v) is 13.2. The first-order chi connectivity index (χ1) is 11.3. The molecule has 8 nitrogen and oxygen atoms in total. The number of aromatic amines is 1. The van der Waals surface area contributed by atoms with E-state index in [1.165, 1.54) is 6.20 Å². The molecule has 1 aromatic heterocycles. The Morgan fingerprint density at radius 1 is 1.44 bits per heavy atom. The molecular formula is C15H25ClN2O6Si. The van der Waals surface area contributed by atoms with Crippen LogP contribution in [0.4, 0.5) is 0 Å². The van der Waals surface area contributed by atoms with E-state index in [-0.39, 0.29) is 5.04 Å². The van der Waals surface area contributed by atoms with Crippen LogP contribution in [0.1, 0.15) is 27.0 Å². The Morgan fingerprint density at radius 3 is 2.52 bits per heavy atom. The quantitative estimate of drug-likeness (QED) is 0.514. The Labute approximate surface area is 151 Å². The normalized spacial score (nSPS) is 30.6. The maximum Gasteiger partial charge on any atom is 0.330 e. The first-order valence-corrected chi connectivity index (χ1v) is 11.3. The van der Waals surface area contributed by atoms with E-state index in [1.54, 1.807) is 0 Å². The van der Waals surface area contributed by atoms with Gasteiger partial charge in [-0.1, -0.05) is 32.4 Å². The summed E-state index contributed by atoms with van der Waals surface area (Å²) >= 11 is 6.38. The van der Waals surface area contributed by atoms with E-state index in [4.69, 9.17) is 20.8 Å². The number of ether oxygens (including phenoxy) is 1. The van der Waals surface area contributed by atoms with Crippen LogP contribution in [0, 0.1) is 0 Å². The zero-order valence-corrected chi connectivity index (χ0v) is 16.7. The third kappa shape index (κ3) is 3.76. The van der Waals surface area contributed by atoms with Crippen molar-refractivity contribution >= 4 is 19.9 Å². The number of H-pyrrole nitrogens is 1. The van der Waals surface area contributed by atoms with E-state index in [1.807, 2.05) is 33.9 Å². The maximum atomic E-state index is 12.0. The van der Waals surface area contributed by atoms with Crippen LogP contribution in [0.5, 0.6) is 0 Å². The number of hydrogen-bond donors (Lipinski definition) is 3. The molecule has 25 heavy (non-hydrogen) atoms. The first-order valence-electron chi connectivity index (χ1n) is 7.97. The number of rotatable bonds is 4. The largest absolute Gasteiger partial charge is 0.407 e. The minimum absolute atomic E-state index is 0.160. The molecule has 0 radical (unpaired) electrons. The van der Waals surface area contributed by atoms with Crippen molar-refractivity contribution in [1.82, 2.24) is 9.55 Å². The molecule has 0 aliphatic carbocycles. The molecule has 2 heterocycles. The van der Waals surface area contributed by atoms with Crippen LogP contribution in [-0.4, -0.2) is 52.0 Å². The third-order valence-corrected chi connectivity index (χ3v) is 9.79. The van der Waals surface area contributed by atoms with Gasteiger partial charge in [0.15, 0.2) is 19.6 Å².